The van der Waals surface area contributed by atoms with Crippen LogP contribution in [-0.2, 0) is 4.74 Å². The SMILES string of the molecule is C=C/C(Cl)=C\C(Cl)=C\[C@H](O)[C@H](C)OC(N)=O. The molecule has 0 saturated heterocycles. The second-order valence-electron chi connectivity index (χ2n) is 2.92. The van der Waals surface area contributed by atoms with E-state index in [0.29, 0.717) is 5.03 Å². The number of carbonyl (C=O) groups is 1. The van der Waals surface area contributed by atoms with E-state index in [1.54, 1.807) is 0 Å². The van der Waals surface area contributed by atoms with Gasteiger partial charge in [0.05, 0.1) is 0 Å². The highest BCUT2D eigenvalue weighted by atomic mass is 35.5. The first-order valence-corrected chi connectivity index (χ1v) is 5.13. The highest BCUT2D eigenvalue weighted by molar-refractivity contribution is 6.35. The van der Waals surface area contributed by atoms with Gasteiger partial charge in [0.15, 0.2) is 0 Å². The van der Waals surface area contributed by atoms with Crippen LogP contribution in [-0.4, -0.2) is 23.4 Å². The van der Waals surface area contributed by atoms with Crippen LogP contribution >= 0.6 is 23.2 Å². The molecule has 0 unspecified atom stereocenters. The predicted molar refractivity (Wildman–Crippen MR) is 64.2 cm³/mol. The van der Waals surface area contributed by atoms with E-state index in [-0.39, 0.29) is 5.03 Å². The van der Waals surface area contributed by atoms with Crippen LogP contribution in [0.4, 0.5) is 4.79 Å². The molecule has 0 radical (unpaired) electrons. The zero-order chi connectivity index (χ0) is 12.7. The van der Waals surface area contributed by atoms with Crippen LogP contribution in [0.2, 0.25) is 0 Å². The average Bonchev–Trinajstić information content (AvgIpc) is 2.16. The number of hydrogen-bond acceptors (Lipinski definition) is 3. The van der Waals surface area contributed by atoms with Crippen molar-refractivity contribution in [3.8, 4) is 0 Å². The lowest BCUT2D eigenvalue weighted by molar-refractivity contribution is 0.0406. The maximum Gasteiger partial charge on any atom is 0.404 e. The molecule has 1 amide bonds. The van der Waals surface area contributed by atoms with E-state index in [1.807, 2.05) is 0 Å². The fourth-order valence-corrected chi connectivity index (χ4v) is 1.21. The molecule has 0 fully saturated rings. The molecular formula is C10H13Cl2NO3. The number of allylic oxidation sites excluding steroid dienone is 4. The minimum absolute atomic E-state index is 0.206. The molecule has 6 heteroatoms. The number of amides is 1. The van der Waals surface area contributed by atoms with E-state index in [9.17, 15) is 9.90 Å². The monoisotopic (exact) mass is 265 g/mol. The first-order valence-electron chi connectivity index (χ1n) is 4.38. The Morgan fingerprint density at radius 3 is 2.50 bits per heavy atom. The normalized spacial score (nSPS) is 16.5. The number of rotatable bonds is 5. The summed E-state index contributed by atoms with van der Waals surface area (Å²) in [6, 6.07) is 0. The zero-order valence-electron chi connectivity index (χ0n) is 8.69. The molecule has 0 aromatic carbocycles. The second kappa shape index (κ2) is 7.33. The molecule has 0 saturated carbocycles. The lowest BCUT2D eigenvalue weighted by Gasteiger charge is -2.15. The molecule has 0 rings (SSSR count). The third kappa shape index (κ3) is 6.50. The number of aliphatic hydroxyl groups is 1. The minimum Gasteiger partial charge on any atom is -0.444 e. The van der Waals surface area contributed by atoms with Gasteiger partial charge in [-0.15, -0.1) is 0 Å². The van der Waals surface area contributed by atoms with Gasteiger partial charge in [0.1, 0.15) is 12.2 Å². The van der Waals surface area contributed by atoms with E-state index >= 15 is 0 Å². The van der Waals surface area contributed by atoms with Crippen molar-refractivity contribution in [2.45, 2.75) is 19.1 Å². The Morgan fingerprint density at radius 2 is 2.06 bits per heavy atom. The summed E-state index contributed by atoms with van der Waals surface area (Å²) in [5, 5.41) is 10.1. The van der Waals surface area contributed by atoms with Gasteiger partial charge in [-0.3, -0.25) is 0 Å². The topological polar surface area (TPSA) is 72.6 Å². The summed E-state index contributed by atoms with van der Waals surface area (Å²) in [5.74, 6) is 0. The summed E-state index contributed by atoms with van der Waals surface area (Å²) >= 11 is 11.4. The van der Waals surface area contributed by atoms with Gasteiger partial charge >= 0.3 is 6.09 Å². The Hall–Kier alpha value is -0.970. The first-order chi connectivity index (χ1) is 7.36. The molecule has 0 aliphatic rings. The largest absolute Gasteiger partial charge is 0.444 e. The van der Waals surface area contributed by atoms with E-state index in [0.717, 1.165) is 0 Å². The van der Waals surface area contributed by atoms with Gasteiger partial charge in [0.25, 0.3) is 0 Å². The van der Waals surface area contributed by atoms with Crippen molar-refractivity contribution in [3.63, 3.8) is 0 Å². The summed E-state index contributed by atoms with van der Waals surface area (Å²) < 4.78 is 4.56. The van der Waals surface area contributed by atoms with Gasteiger partial charge in [-0.1, -0.05) is 35.9 Å². The number of aliphatic hydroxyl groups excluding tert-OH is 1. The van der Waals surface area contributed by atoms with Gasteiger partial charge in [-0.2, -0.15) is 0 Å². The standard InChI is InChI=1S/C10H13Cl2NO3/c1-3-7(11)4-8(12)5-9(14)6(2)16-10(13)15/h3-6,9,14H,1H2,2H3,(H2,13,15)/b7-4+,8-5-/t6-,9-/m0/s1. The third-order valence-electron chi connectivity index (χ3n) is 1.58. The first kappa shape index (κ1) is 15.0. The van der Waals surface area contributed by atoms with Crippen molar-refractivity contribution in [2.75, 3.05) is 0 Å². The van der Waals surface area contributed by atoms with E-state index in [4.69, 9.17) is 28.9 Å². The summed E-state index contributed by atoms with van der Waals surface area (Å²) in [6.07, 6.45) is 1.26. The van der Waals surface area contributed by atoms with Crippen LogP contribution in [0.3, 0.4) is 0 Å². The number of nitrogens with two attached hydrogens (primary N) is 1. The number of primary amides is 1. The lowest BCUT2D eigenvalue weighted by atomic mass is 10.2. The maximum absolute atomic E-state index is 10.4. The van der Waals surface area contributed by atoms with Crippen molar-refractivity contribution in [1.29, 1.82) is 0 Å². The van der Waals surface area contributed by atoms with Gasteiger partial charge in [0, 0.05) is 10.1 Å². The molecular weight excluding hydrogens is 253 g/mol. The molecule has 0 spiro atoms. The molecule has 0 aliphatic heterocycles. The van der Waals surface area contributed by atoms with Crippen molar-refractivity contribution in [3.05, 3.63) is 34.9 Å². The molecule has 2 atom stereocenters. The second-order valence-corrected chi connectivity index (χ2v) is 3.79. The van der Waals surface area contributed by atoms with Crippen LogP contribution in [0.5, 0.6) is 0 Å². The quantitative estimate of drug-likeness (QED) is 0.749. The number of halogens is 2. The average molecular weight is 266 g/mol. The highest BCUT2D eigenvalue weighted by Crippen LogP contribution is 2.13. The van der Waals surface area contributed by atoms with Crippen molar-refractivity contribution < 1.29 is 14.6 Å². The molecule has 0 bridgehead atoms. The molecule has 0 aromatic rings. The van der Waals surface area contributed by atoms with Crippen molar-refractivity contribution in [1.82, 2.24) is 0 Å². The molecule has 16 heavy (non-hydrogen) atoms. The summed E-state index contributed by atoms with van der Waals surface area (Å²) in [6.45, 7) is 4.91. The van der Waals surface area contributed by atoms with Crippen molar-refractivity contribution >= 4 is 29.3 Å². The molecule has 0 heterocycles. The summed E-state index contributed by atoms with van der Waals surface area (Å²) in [5.41, 5.74) is 4.79. The van der Waals surface area contributed by atoms with Gasteiger partial charge in [0.2, 0.25) is 0 Å². The fraction of sp³-hybridized carbons (Fsp3) is 0.300. The fourth-order valence-electron chi connectivity index (χ4n) is 0.790. The van der Waals surface area contributed by atoms with E-state index in [2.05, 4.69) is 11.3 Å². The Kier molecular flexibility index (Phi) is 6.88. The Bertz CT molecular complexity index is 326. The van der Waals surface area contributed by atoms with Crippen LogP contribution in [0.15, 0.2) is 34.9 Å². The van der Waals surface area contributed by atoms with Crippen LogP contribution in [0.25, 0.3) is 0 Å². The van der Waals surface area contributed by atoms with Gasteiger partial charge in [-0.25, -0.2) is 4.79 Å². The molecule has 4 nitrogen and oxygen atoms in total. The Morgan fingerprint density at radius 1 is 1.50 bits per heavy atom. The van der Waals surface area contributed by atoms with Gasteiger partial charge < -0.3 is 15.6 Å². The van der Waals surface area contributed by atoms with Gasteiger partial charge in [-0.05, 0) is 19.1 Å². The molecule has 0 aliphatic carbocycles. The summed E-state index contributed by atoms with van der Waals surface area (Å²) in [4.78, 5) is 10.4. The lowest BCUT2D eigenvalue weighted by Crippen LogP contribution is -2.29. The number of hydrogen-bond donors (Lipinski definition) is 2. The summed E-state index contributed by atoms with van der Waals surface area (Å²) in [7, 11) is 0. The highest BCUT2D eigenvalue weighted by Gasteiger charge is 2.15. The number of carbonyl (C=O) groups excluding carboxylic acids is 1. The third-order valence-corrected chi connectivity index (χ3v) is 2.08. The smallest absolute Gasteiger partial charge is 0.404 e. The predicted octanol–water partition coefficient (Wildman–Crippen LogP) is 2.26. The molecule has 90 valence electrons. The zero-order valence-corrected chi connectivity index (χ0v) is 10.2. The van der Waals surface area contributed by atoms with Crippen LogP contribution in [0.1, 0.15) is 6.92 Å². The number of ether oxygens (including phenoxy) is 1. The Balaban J connectivity index is 4.51. The minimum atomic E-state index is -1.06. The maximum atomic E-state index is 10.4. The van der Waals surface area contributed by atoms with E-state index < -0.39 is 18.3 Å². The molecule has 0 aromatic heterocycles. The van der Waals surface area contributed by atoms with Crippen molar-refractivity contribution in [2.24, 2.45) is 5.73 Å². The Labute approximate surface area is 104 Å². The van der Waals surface area contributed by atoms with Crippen LogP contribution < -0.4 is 5.73 Å². The molecule has 3 N–H and O–H groups in total. The van der Waals surface area contributed by atoms with Crippen LogP contribution in [0, 0.1) is 0 Å². The van der Waals surface area contributed by atoms with E-state index in [1.165, 1.54) is 25.2 Å².